The molecule has 1 atom stereocenters. The van der Waals surface area contributed by atoms with E-state index in [-0.39, 0.29) is 18.0 Å². The molecule has 0 aromatic heterocycles. The Morgan fingerprint density at radius 2 is 1.85 bits per heavy atom. The molecular formula is C20H32N4O2. The molecule has 26 heavy (non-hydrogen) atoms. The molecule has 1 heterocycles. The van der Waals surface area contributed by atoms with Crippen molar-refractivity contribution in [2.24, 2.45) is 0 Å². The Labute approximate surface area is 156 Å². The Morgan fingerprint density at radius 3 is 2.46 bits per heavy atom. The summed E-state index contributed by atoms with van der Waals surface area (Å²) in [5.74, 6) is 0.0600. The number of piperazine rings is 1. The topological polar surface area (TPSA) is 64.7 Å². The Kier molecular flexibility index (Phi) is 7.45. The third-order valence-corrected chi connectivity index (χ3v) is 5.02. The summed E-state index contributed by atoms with van der Waals surface area (Å²) < 4.78 is 0. The van der Waals surface area contributed by atoms with Crippen LogP contribution in [0.25, 0.3) is 0 Å². The van der Waals surface area contributed by atoms with E-state index in [0.717, 1.165) is 42.7 Å². The van der Waals surface area contributed by atoms with E-state index in [0.29, 0.717) is 19.6 Å². The van der Waals surface area contributed by atoms with Crippen LogP contribution in [0.2, 0.25) is 0 Å². The number of carbonyl (C=O) groups excluding carboxylic acids is 2. The molecule has 1 aliphatic heterocycles. The minimum absolute atomic E-state index is 0.0577. The first-order valence-electron chi connectivity index (χ1n) is 9.60. The maximum atomic E-state index is 12.6. The zero-order valence-corrected chi connectivity index (χ0v) is 16.5. The largest absolute Gasteiger partial charge is 0.353 e. The second-order valence-electron chi connectivity index (χ2n) is 7.03. The molecule has 3 amide bonds. The number of urea groups is 1. The lowest BCUT2D eigenvalue weighted by Gasteiger charge is -2.34. The van der Waals surface area contributed by atoms with Crippen LogP contribution in [0.4, 0.5) is 10.5 Å². The van der Waals surface area contributed by atoms with Gasteiger partial charge in [0.1, 0.15) is 0 Å². The van der Waals surface area contributed by atoms with Crippen molar-refractivity contribution in [2.45, 2.75) is 46.6 Å². The van der Waals surface area contributed by atoms with Crippen molar-refractivity contribution in [3.8, 4) is 0 Å². The number of benzene rings is 1. The van der Waals surface area contributed by atoms with Crippen LogP contribution < -0.4 is 10.6 Å². The molecule has 2 N–H and O–H groups in total. The van der Waals surface area contributed by atoms with Crippen molar-refractivity contribution in [2.75, 3.05) is 38.0 Å². The number of rotatable bonds is 6. The van der Waals surface area contributed by atoms with Gasteiger partial charge in [-0.15, -0.1) is 0 Å². The molecule has 0 spiro atoms. The van der Waals surface area contributed by atoms with E-state index >= 15 is 0 Å². The molecule has 2 rings (SSSR count). The Balaban J connectivity index is 1.84. The highest BCUT2D eigenvalue weighted by atomic mass is 16.2. The zero-order valence-electron chi connectivity index (χ0n) is 16.5. The highest BCUT2D eigenvalue weighted by molar-refractivity contribution is 5.91. The van der Waals surface area contributed by atoms with Crippen molar-refractivity contribution in [3.05, 3.63) is 29.3 Å². The van der Waals surface area contributed by atoms with Gasteiger partial charge in [-0.25, -0.2) is 4.79 Å². The van der Waals surface area contributed by atoms with Gasteiger partial charge < -0.3 is 15.5 Å². The number of hydrogen-bond donors (Lipinski definition) is 2. The molecule has 1 fully saturated rings. The average molecular weight is 361 g/mol. The molecule has 6 nitrogen and oxygen atoms in total. The molecule has 0 bridgehead atoms. The summed E-state index contributed by atoms with van der Waals surface area (Å²) in [5.41, 5.74) is 3.16. The Morgan fingerprint density at radius 1 is 1.15 bits per heavy atom. The van der Waals surface area contributed by atoms with Crippen LogP contribution in [-0.2, 0) is 11.2 Å². The van der Waals surface area contributed by atoms with E-state index in [2.05, 4.69) is 35.4 Å². The maximum absolute atomic E-state index is 12.6. The van der Waals surface area contributed by atoms with Gasteiger partial charge in [0.15, 0.2) is 0 Å². The van der Waals surface area contributed by atoms with Crippen molar-refractivity contribution in [1.82, 2.24) is 15.1 Å². The van der Waals surface area contributed by atoms with Crippen LogP contribution in [0.5, 0.6) is 0 Å². The predicted molar refractivity (Wildman–Crippen MR) is 105 cm³/mol. The predicted octanol–water partition coefficient (Wildman–Crippen LogP) is 2.62. The molecular weight excluding hydrogens is 328 g/mol. The fraction of sp³-hybridized carbons (Fsp3) is 0.600. The number of nitrogens with zero attached hydrogens (tertiary/aromatic N) is 2. The zero-order chi connectivity index (χ0) is 19.1. The minimum atomic E-state index is -0.0577. The van der Waals surface area contributed by atoms with Gasteiger partial charge in [-0.2, -0.15) is 0 Å². The van der Waals surface area contributed by atoms with Crippen LogP contribution in [-0.4, -0.2) is 60.5 Å². The van der Waals surface area contributed by atoms with Gasteiger partial charge in [0.2, 0.25) is 5.91 Å². The van der Waals surface area contributed by atoms with Crippen LogP contribution in [0.15, 0.2) is 18.2 Å². The Bertz CT molecular complexity index is 624. The molecule has 0 aliphatic carbocycles. The number of aryl methyl sites for hydroxylation is 2. The van der Waals surface area contributed by atoms with Gasteiger partial charge in [0.05, 0.1) is 6.54 Å². The summed E-state index contributed by atoms with van der Waals surface area (Å²) in [6.07, 6.45) is 1.81. The lowest BCUT2D eigenvalue weighted by Crippen LogP contribution is -2.52. The normalized spacial score (nSPS) is 16.2. The van der Waals surface area contributed by atoms with Gasteiger partial charge >= 0.3 is 6.03 Å². The number of carbonyl (C=O) groups is 2. The van der Waals surface area contributed by atoms with Gasteiger partial charge in [0.25, 0.3) is 0 Å². The van der Waals surface area contributed by atoms with Crippen LogP contribution >= 0.6 is 0 Å². The SMILES string of the molecule is CCc1cccc(C)c1NC(=O)N1CCN(CC(=O)NC(C)CC)CC1. The molecule has 144 valence electrons. The third-order valence-electron chi connectivity index (χ3n) is 5.02. The van der Waals surface area contributed by atoms with Crippen LogP contribution in [0.3, 0.4) is 0 Å². The fourth-order valence-electron chi connectivity index (χ4n) is 3.12. The van der Waals surface area contributed by atoms with E-state index in [9.17, 15) is 9.59 Å². The fourth-order valence-corrected chi connectivity index (χ4v) is 3.12. The average Bonchev–Trinajstić information content (AvgIpc) is 2.63. The lowest BCUT2D eigenvalue weighted by atomic mass is 10.1. The number of anilines is 1. The second-order valence-corrected chi connectivity index (χ2v) is 7.03. The summed E-state index contributed by atoms with van der Waals surface area (Å²) in [7, 11) is 0. The maximum Gasteiger partial charge on any atom is 0.321 e. The van der Waals surface area contributed by atoms with Crippen LogP contribution in [0, 0.1) is 6.92 Å². The Hall–Kier alpha value is -2.08. The standard InChI is InChI=1S/C20H32N4O2/c1-5-16(4)21-18(25)14-23-10-12-24(13-11-23)20(26)22-19-15(3)8-7-9-17(19)6-2/h7-9,16H,5-6,10-14H2,1-4H3,(H,21,25)(H,22,26). The minimum Gasteiger partial charge on any atom is -0.353 e. The molecule has 1 aromatic carbocycles. The smallest absolute Gasteiger partial charge is 0.321 e. The van der Waals surface area contributed by atoms with E-state index < -0.39 is 0 Å². The summed E-state index contributed by atoms with van der Waals surface area (Å²) in [4.78, 5) is 28.5. The van der Waals surface area contributed by atoms with Crippen molar-refractivity contribution in [3.63, 3.8) is 0 Å². The first-order chi connectivity index (χ1) is 12.4. The van der Waals surface area contributed by atoms with Crippen LogP contribution in [0.1, 0.15) is 38.3 Å². The number of amides is 3. The van der Waals surface area contributed by atoms with Crippen molar-refractivity contribution >= 4 is 17.6 Å². The lowest BCUT2D eigenvalue weighted by molar-refractivity contribution is -0.123. The summed E-state index contributed by atoms with van der Waals surface area (Å²) in [6, 6.07) is 6.24. The molecule has 1 saturated heterocycles. The highest BCUT2D eigenvalue weighted by Crippen LogP contribution is 2.21. The summed E-state index contributed by atoms with van der Waals surface area (Å²) >= 11 is 0. The number of nitrogens with one attached hydrogen (secondary N) is 2. The van der Waals surface area contributed by atoms with E-state index in [1.165, 1.54) is 0 Å². The number of para-hydroxylation sites is 1. The third kappa shape index (κ3) is 5.46. The second kappa shape index (κ2) is 9.57. The number of hydrogen-bond acceptors (Lipinski definition) is 3. The quantitative estimate of drug-likeness (QED) is 0.820. The van der Waals surface area contributed by atoms with E-state index in [1.807, 2.05) is 30.9 Å². The first kappa shape index (κ1) is 20.2. The molecule has 0 radical (unpaired) electrons. The van der Waals surface area contributed by atoms with E-state index in [1.54, 1.807) is 0 Å². The summed E-state index contributed by atoms with van der Waals surface area (Å²) in [5, 5.41) is 6.07. The monoisotopic (exact) mass is 360 g/mol. The van der Waals surface area contributed by atoms with Gasteiger partial charge in [-0.05, 0) is 37.8 Å². The molecule has 0 saturated carbocycles. The highest BCUT2D eigenvalue weighted by Gasteiger charge is 2.23. The molecule has 1 unspecified atom stereocenters. The van der Waals surface area contributed by atoms with Gasteiger partial charge in [-0.3, -0.25) is 9.69 Å². The molecule has 1 aliphatic rings. The first-order valence-corrected chi connectivity index (χ1v) is 9.60. The molecule has 1 aromatic rings. The van der Waals surface area contributed by atoms with Gasteiger partial charge in [0, 0.05) is 37.9 Å². The van der Waals surface area contributed by atoms with Crippen molar-refractivity contribution in [1.29, 1.82) is 0 Å². The molecule has 6 heteroatoms. The van der Waals surface area contributed by atoms with Gasteiger partial charge in [-0.1, -0.05) is 32.0 Å². The van der Waals surface area contributed by atoms with Crippen molar-refractivity contribution < 1.29 is 9.59 Å². The van der Waals surface area contributed by atoms with E-state index in [4.69, 9.17) is 0 Å². The summed E-state index contributed by atoms with van der Waals surface area (Å²) in [6.45, 7) is 11.3.